The number of oxime groups is 2. The molecule has 12 heavy (non-hydrogen) atoms. The summed E-state index contributed by atoms with van der Waals surface area (Å²) in [5.74, 6) is 0. The minimum atomic E-state index is 0.447. The molecule has 0 aliphatic heterocycles. The minimum absolute atomic E-state index is 0.447. The van der Waals surface area contributed by atoms with Crippen LogP contribution in [0.15, 0.2) is 20.5 Å². The van der Waals surface area contributed by atoms with Crippen LogP contribution in [-0.4, -0.2) is 34.3 Å². The van der Waals surface area contributed by atoms with Gasteiger partial charge in [-0.15, -0.1) is 0 Å². The Labute approximate surface area is 69.6 Å². The molecule has 0 rings (SSSR count). The Morgan fingerprint density at radius 3 is 1.50 bits per heavy atom. The Kier molecular flexibility index (Phi) is 5.16. The Bertz CT molecular complexity index is 216. The van der Waals surface area contributed by atoms with Crippen molar-refractivity contribution in [3.05, 3.63) is 0 Å². The smallest absolute Gasteiger partial charge is 0.0892 e. The highest BCUT2D eigenvalue weighted by atomic mass is 16.4. The van der Waals surface area contributed by atoms with E-state index in [9.17, 15) is 0 Å². The van der Waals surface area contributed by atoms with E-state index in [-0.39, 0.29) is 0 Å². The fourth-order valence-corrected chi connectivity index (χ4v) is 0.376. The average molecular weight is 170 g/mol. The molecular formula is C6H10N4O2. The number of hydrogen-bond acceptors (Lipinski definition) is 6. The molecule has 0 spiro atoms. The van der Waals surface area contributed by atoms with E-state index in [4.69, 9.17) is 10.4 Å². The van der Waals surface area contributed by atoms with Gasteiger partial charge in [0.05, 0.1) is 23.9 Å². The molecule has 0 aliphatic rings. The second-order valence-corrected chi connectivity index (χ2v) is 1.97. The maximum Gasteiger partial charge on any atom is 0.0892 e. The van der Waals surface area contributed by atoms with Crippen molar-refractivity contribution >= 4 is 23.9 Å². The van der Waals surface area contributed by atoms with Crippen molar-refractivity contribution in [3.63, 3.8) is 0 Å². The molecule has 0 aliphatic carbocycles. The van der Waals surface area contributed by atoms with Crippen molar-refractivity contribution in [2.45, 2.75) is 13.8 Å². The minimum Gasteiger partial charge on any atom is -0.411 e. The van der Waals surface area contributed by atoms with Gasteiger partial charge in [0, 0.05) is 0 Å². The van der Waals surface area contributed by atoms with Crippen LogP contribution in [0.25, 0.3) is 0 Å². The van der Waals surface area contributed by atoms with Crippen LogP contribution in [-0.2, 0) is 0 Å². The molecule has 0 saturated carbocycles. The highest BCUT2D eigenvalue weighted by Crippen LogP contribution is 1.79. The maximum absolute atomic E-state index is 8.08. The molecule has 0 aromatic carbocycles. The summed E-state index contributed by atoms with van der Waals surface area (Å²) in [4.78, 5) is 0. The van der Waals surface area contributed by atoms with E-state index in [0.29, 0.717) is 11.4 Å². The van der Waals surface area contributed by atoms with Gasteiger partial charge >= 0.3 is 0 Å². The first-order chi connectivity index (χ1) is 5.70. The fourth-order valence-electron chi connectivity index (χ4n) is 0.376. The molecule has 6 heteroatoms. The number of hydrogen-bond donors (Lipinski definition) is 2. The molecule has 0 aromatic rings. The lowest BCUT2D eigenvalue weighted by atomic mass is 10.5. The monoisotopic (exact) mass is 170 g/mol. The van der Waals surface area contributed by atoms with Crippen molar-refractivity contribution in [1.29, 1.82) is 0 Å². The van der Waals surface area contributed by atoms with E-state index < -0.39 is 0 Å². The van der Waals surface area contributed by atoms with Crippen molar-refractivity contribution in [3.8, 4) is 0 Å². The highest BCUT2D eigenvalue weighted by molar-refractivity contribution is 6.31. The van der Waals surface area contributed by atoms with E-state index in [1.807, 2.05) is 0 Å². The summed E-state index contributed by atoms with van der Waals surface area (Å²) < 4.78 is 0. The maximum atomic E-state index is 8.08. The summed E-state index contributed by atoms with van der Waals surface area (Å²) in [6.07, 6.45) is 2.29. The molecule has 0 atom stereocenters. The standard InChI is InChI=1S/C6H10N4O2/c1-5(3-7-11)9-10-6(2)4-8-12/h3-4,11-12H,1-2H3/b7-3+,8-4+,9-5-,10-6-. The van der Waals surface area contributed by atoms with Crippen LogP contribution < -0.4 is 0 Å². The fraction of sp³-hybridized carbons (Fsp3) is 0.333. The third-order valence-electron chi connectivity index (χ3n) is 0.855. The third kappa shape index (κ3) is 5.10. The Morgan fingerprint density at radius 1 is 0.917 bits per heavy atom. The molecule has 0 saturated heterocycles. The lowest BCUT2D eigenvalue weighted by Gasteiger charge is -1.85. The second-order valence-electron chi connectivity index (χ2n) is 1.97. The Morgan fingerprint density at radius 2 is 1.25 bits per heavy atom. The van der Waals surface area contributed by atoms with Gasteiger partial charge in [-0.05, 0) is 13.8 Å². The number of nitrogens with zero attached hydrogens (tertiary/aromatic N) is 4. The van der Waals surface area contributed by atoms with Crippen molar-refractivity contribution in [2.75, 3.05) is 0 Å². The predicted octanol–water partition coefficient (Wildman–Crippen LogP) is 0.743. The number of rotatable bonds is 3. The molecule has 0 aromatic heterocycles. The van der Waals surface area contributed by atoms with Crippen LogP contribution in [0.2, 0.25) is 0 Å². The van der Waals surface area contributed by atoms with Crippen molar-refractivity contribution < 1.29 is 10.4 Å². The van der Waals surface area contributed by atoms with Crippen LogP contribution in [0.4, 0.5) is 0 Å². The van der Waals surface area contributed by atoms with Gasteiger partial charge in [-0.25, -0.2) is 0 Å². The van der Waals surface area contributed by atoms with E-state index in [1.165, 1.54) is 0 Å². The van der Waals surface area contributed by atoms with Crippen molar-refractivity contribution in [1.82, 2.24) is 0 Å². The first-order valence-corrected chi connectivity index (χ1v) is 3.14. The van der Waals surface area contributed by atoms with Gasteiger partial charge in [0.15, 0.2) is 0 Å². The van der Waals surface area contributed by atoms with Gasteiger partial charge in [0.2, 0.25) is 0 Å². The molecule has 0 bridgehead atoms. The van der Waals surface area contributed by atoms with Gasteiger partial charge in [-0.1, -0.05) is 10.3 Å². The van der Waals surface area contributed by atoms with Crippen LogP contribution in [0, 0.1) is 0 Å². The Balaban J connectivity index is 4.26. The first kappa shape index (κ1) is 10.3. The topological polar surface area (TPSA) is 89.9 Å². The van der Waals surface area contributed by atoms with Gasteiger partial charge < -0.3 is 10.4 Å². The second kappa shape index (κ2) is 6.02. The van der Waals surface area contributed by atoms with Crippen molar-refractivity contribution in [2.24, 2.45) is 20.5 Å². The van der Waals surface area contributed by atoms with Crippen LogP contribution in [0.1, 0.15) is 13.8 Å². The lowest BCUT2D eigenvalue weighted by Crippen LogP contribution is -1.94. The van der Waals surface area contributed by atoms with Gasteiger partial charge in [0.1, 0.15) is 0 Å². The Hall–Kier alpha value is -1.72. The lowest BCUT2D eigenvalue weighted by molar-refractivity contribution is 0.322. The van der Waals surface area contributed by atoms with Crippen LogP contribution in [0.3, 0.4) is 0 Å². The molecule has 6 nitrogen and oxygen atoms in total. The zero-order valence-corrected chi connectivity index (χ0v) is 6.84. The molecule has 0 radical (unpaired) electrons. The molecule has 0 amide bonds. The third-order valence-corrected chi connectivity index (χ3v) is 0.855. The normalized spacial score (nSPS) is 14.8. The predicted molar refractivity (Wildman–Crippen MR) is 46.8 cm³/mol. The van der Waals surface area contributed by atoms with E-state index in [2.05, 4.69) is 20.5 Å². The van der Waals surface area contributed by atoms with E-state index >= 15 is 0 Å². The van der Waals surface area contributed by atoms with E-state index in [0.717, 1.165) is 12.4 Å². The quantitative estimate of drug-likeness (QED) is 0.371. The average Bonchev–Trinajstić information content (AvgIpc) is 2.02. The molecule has 0 heterocycles. The first-order valence-electron chi connectivity index (χ1n) is 3.14. The zero-order chi connectivity index (χ0) is 9.40. The van der Waals surface area contributed by atoms with Crippen LogP contribution in [0.5, 0.6) is 0 Å². The van der Waals surface area contributed by atoms with Gasteiger partial charge in [-0.3, -0.25) is 0 Å². The van der Waals surface area contributed by atoms with Gasteiger partial charge in [-0.2, -0.15) is 10.2 Å². The SMILES string of the molecule is CC(/C=N/O)=N/N=C(C)\C=N\O. The molecule has 66 valence electrons. The largest absolute Gasteiger partial charge is 0.411 e. The summed E-state index contributed by atoms with van der Waals surface area (Å²) in [5.41, 5.74) is 0.895. The summed E-state index contributed by atoms with van der Waals surface area (Å²) in [7, 11) is 0. The zero-order valence-electron chi connectivity index (χ0n) is 6.84. The summed E-state index contributed by atoms with van der Waals surface area (Å²) in [5, 5.41) is 28.9. The summed E-state index contributed by atoms with van der Waals surface area (Å²) in [6.45, 7) is 3.24. The van der Waals surface area contributed by atoms with E-state index in [1.54, 1.807) is 13.8 Å². The molecule has 0 unspecified atom stereocenters. The van der Waals surface area contributed by atoms with Gasteiger partial charge in [0.25, 0.3) is 0 Å². The molecule has 0 fully saturated rings. The highest BCUT2D eigenvalue weighted by Gasteiger charge is 1.84. The summed E-state index contributed by atoms with van der Waals surface area (Å²) in [6, 6.07) is 0. The summed E-state index contributed by atoms with van der Waals surface area (Å²) >= 11 is 0. The van der Waals surface area contributed by atoms with Crippen LogP contribution >= 0.6 is 0 Å². The molecular weight excluding hydrogens is 160 g/mol. The molecule has 2 N–H and O–H groups in total.